The van der Waals surface area contributed by atoms with Gasteiger partial charge in [0, 0.05) is 11.1 Å². The van der Waals surface area contributed by atoms with Gasteiger partial charge in [-0.05, 0) is 30.5 Å². The van der Waals surface area contributed by atoms with Gasteiger partial charge in [-0.15, -0.1) is 0 Å². The molecule has 0 saturated carbocycles. The molecule has 0 aliphatic heterocycles. The standard InChI is InChI=1S/C13H16N2/c1-3-9-8-10(4-2)15-13-11(9)6-5-7-12(13)14/h5-8H,3-4,14H2,1-2H3. The van der Waals surface area contributed by atoms with Crippen LogP contribution in [-0.2, 0) is 12.8 Å². The molecule has 2 N–H and O–H groups in total. The Balaban J connectivity index is 2.80. The maximum absolute atomic E-state index is 5.94. The van der Waals surface area contributed by atoms with Crippen molar-refractivity contribution in [2.75, 3.05) is 5.73 Å². The molecule has 15 heavy (non-hydrogen) atoms. The first-order valence-electron chi connectivity index (χ1n) is 5.43. The van der Waals surface area contributed by atoms with Crippen LogP contribution in [0.4, 0.5) is 5.69 Å². The highest BCUT2D eigenvalue weighted by Gasteiger charge is 2.05. The van der Waals surface area contributed by atoms with Crippen LogP contribution >= 0.6 is 0 Å². The Morgan fingerprint density at radius 3 is 2.67 bits per heavy atom. The molecule has 0 radical (unpaired) electrons. The highest BCUT2D eigenvalue weighted by atomic mass is 14.7. The number of aryl methyl sites for hydroxylation is 2. The van der Waals surface area contributed by atoms with Crippen LogP contribution in [0, 0.1) is 0 Å². The van der Waals surface area contributed by atoms with Crippen LogP contribution in [0.15, 0.2) is 24.3 Å². The predicted molar refractivity (Wildman–Crippen MR) is 64.9 cm³/mol. The summed E-state index contributed by atoms with van der Waals surface area (Å²) in [5.74, 6) is 0. The van der Waals surface area contributed by atoms with Gasteiger partial charge in [0.05, 0.1) is 11.2 Å². The van der Waals surface area contributed by atoms with Gasteiger partial charge >= 0.3 is 0 Å². The van der Waals surface area contributed by atoms with Crippen molar-refractivity contribution in [3.63, 3.8) is 0 Å². The highest BCUT2D eigenvalue weighted by molar-refractivity contribution is 5.91. The van der Waals surface area contributed by atoms with Gasteiger partial charge in [-0.3, -0.25) is 4.98 Å². The van der Waals surface area contributed by atoms with Crippen LogP contribution < -0.4 is 5.73 Å². The maximum Gasteiger partial charge on any atom is 0.0937 e. The predicted octanol–water partition coefficient (Wildman–Crippen LogP) is 2.94. The van der Waals surface area contributed by atoms with Gasteiger partial charge in [0.1, 0.15) is 0 Å². The Hall–Kier alpha value is -1.57. The van der Waals surface area contributed by atoms with Crippen molar-refractivity contribution in [3.8, 4) is 0 Å². The van der Waals surface area contributed by atoms with Crippen molar-refractivity contribution in [2.24, 2.45) is 0 Å². The molecule has 78 valence electrons. The molecule has 2 heteroatoms. The monoisotopic (exact) mass is 200 g/mol. The van der Waals surface area contributed by atoms with E-state index in [0.717, 1.165) is 29.7 Å². The second kappa shape index (κ2) is 3.89. The molecule has 0 spiro atoms. The normalized spacial score (nSPS) is 10.8. The second-order valence-corrected chi connectivity index (χ2v) is 3.72. The van der Waals surface area contributed by atoms with E-state index in [2.05, 4.69) is 31.0 Å². The molecule has 0 atom stereocenters. The van der Waals surface area contributed by atoms with Crippen molar-refractivity contribution in [1.82, 2.24) is 4.98 Å². The molecule has 0 fully saturated rings. The minimum atomic E-state index is 0.775. The van der Waals surface area contributed by atoms with E-state index in [0.29, 0.717) is 0 Å². The summed E-state index contributed by atoms with van der Waals surface area (Å²) in [6.45, 7) is 4.28. The third kappa shape index (κ3) is 1.67. The van der Waals surface area contributed by atoms with E-state index in [1.165, 1.54) is 10.9 Å². The maximum atomic E-state index is 5.94. The second-order valence-electron chi connectivity index (χ2n) is 3.72. The summed E-state index contributed by atoms with van der Waals surface area (Å²) < 4.78 is 0. The third-order valence-corrected chi connectivity index (χ3v) is 2.75. The van der Waals surface area contributed by atoms with Crippen molar-refractivity contribution in [2.45, 2.75) is 26.7 Å². The first-order chi connectivity index (χ1) is 7.26. The lowest BCUT2D eigenvalue weighted by atomic mass is 10.0. The van der Waals surface area contributed by atoms with Gasteiger partial charge < -0.3 is 5.73 Å². The molecular weight excluding hydrogens is 184 g/mol. The molecule has 0 aliphatic rings. The molecule has 1 aromatic heterocycles. The van der Waals surface area contributed by atoms with Crippen molar-refractivity contribution in [1.29, 1.82) is 0 Å². The average Bonchev–Trinajstić information content (AvgIpc) is 2.28. The molecule has 1 aromatic carbocycles. The number of nitrogens with zero attached hydrogens (tertiary/aromatic N) is 1. The molecule has 0 saturated heterocycles. The minimum absolute atomic E-state index is 0.775. The number of nitrogen functional groups attached to an aromatic ring is 1. The Labute approximate surface area is 90.1 Å². The van der Waals surface area contributed by atoms with Crippen LogP contribution in [0.25, 0.3) is 10.9 Å². The number of benzene rings is 1. The first-order valence-corrected chi connectivity index (χ1v) is 5.43. The number of para-hydroxylation sites is 1. The fourth-order valence-electron chi connectivity index (χ4n) is 1.87. The van der Waals surface area contributed by atoms with Gasteiger partial charge in [-0.25, -0.2) is 0 Å². The van der Waals surface area contributed by atoms with Gasteiger partial charge in [0.2, 0.25) is 0 Å². The van der Waals surface area contributed by atoms with Crippen LogP contribution in [0.3, 0.4) is 0 Å². The number of aromatic nitrogens is 1. The molecule has 0 bridgehead atoms. The summed E-state index contributed by atoms with van der Waals surface area (Å²) in [5, 5.41) is 1.19. The SMILES string of the molecule is CCc1cc(CC)c2cccc(N)c2n1. The number of rotatable bonds is 2. The Kier molecular flexibility index (Phi) is 2.58. The summed E-state index contributed by atoms with van der Waals surface area (Å²) in [6, 6.07) is 8.18. The van der Waals surface area contributed by atoms with E-state index >= 15 is 0 Å². The molecule has 1 heterocycles. The summed E-state index contributed by atoms with van der Waals surface area (Å²) in [4.78, 5) is 4.58. The molecule has 0 amide bonds. The quantitative estimate of drug-likeness (QED) is 0.757. The van der Waals surface area contributed by atoms with E-state index < -0.39 is 0 Å². The summed E-state index contributed by atoms with van der Waals surface area (Å²) in [6.07, 6.45) is 1.98. The number of fused-ring (bicyclic) bond motifs is 1. The Morgan fingerprint density at radius 1 is 1.20 bits per heavy atom. The first kappa shape index (κ1) is 9.97. The van der Waals surface area contributed by atoms with Crippen molar-refractivity contribution in [3.05, 3.63) is 35.5 Å². The van der Waals surface area contributed by atoms with Crippen LogP contribution in [0.5, 0.6) is 0 Å². The van der Waals surface area contributed by atoms with Gasteiger partial charge in [-0.2, -0.15) is 0 Å². The lowest BCUT2D eigenvalue weighted by molar-refractivity contribution is 1.03. The number of nitrogens with two attached hydrogens (primary N) is 1. The van der Waals surface area contributed by atoms with Crippen LogP contribution in [0.1, 0.15) is 25.1 Å². The highest BCUT2D eigenvalue weighted by Crippen LogP contribution is 2.23. The van der Waals surface area contributed by atoms with Gasteiger partial charge in [0.15, 0.2) is 0 Å². The smallest absolute Gasteiger partial charge is 0.0937 e. The Bertz CT molecular complexity index is 489. The molecule has 2 nitrogen and oxygen atoms in total. The zero-order valence-electron chi connectivity index (χ0n) is 9.25. The minimum Gasteiger partial charge on any atom is -0.397 e. The number of pyridine rings is 1. The van der Waals surface area contributed by atoms with Gasteiger partial charge in [0.25, 0.3) is 0 Å². The van der Waals surface area contributed by atoms with E-state index in [9.17, 15) is 0 Å². The van der Waals surface area contributed by atoms with Crippen LogP contribution in [-0.4, -0.2) is 4.98 Å². The number of anilines is 1. The Morgan fingerprint density at radius 2 is 2.00 bits per heavy atom. The van der Waals surface area contributed by atoms with E-state index in [1.807, 2.05) is 12.1 Å². The fourth-order valence-corrected chi connectivity index (χ4v) is 1.87. The van der Waals surface area contributed by atoms with E-state index in [-0.39, 0.29) is 0 Å². The fraction of sp³-hybridized carbons (Fsp3) is 0.308. The lowest BCUT2D eigenvalue weighted by Gasteiger charge is -2.08. The van der Waals surface area contributed by atoms with Crippen LogP contribution in [0.2, 0.25) is 0 Å². The zero-order valence-corrected chi connectivity index (χ0v) is 9.25. The number of hydrogen-bond acceptors (Lipinski definition) is 2. The van der Waals surface area contributed by atoms with E-state index in [4.69, 9.17) is 5.73 Å². The largest absolute Gasteiger partial charge is 0.397 e. The number of hydrogen-bond donors (Lipinski definition) is 1. The molecule has 0 unspecified atom stereocenters. The summed E-state index contributed by atoms with van der Waals surface area (Å²) in [5.41, 5.74) is 10.1. The average molecular weight is 200 g/mol. The third-order valence-electron chi connectivity index (χ3n) is 2.75. The lowest BCUT2D eigenvalue weighted by Crippen LogP contribution is -1.96. The molecule has 0 aliphatic carbocycles. The summed E-state index contributed by atoms with van der Waals surface area (Å²) in [7, 11) is 0. The molecule has 2 aromatic rings. The van der Waals surface area contributed by atoms with Gasteiger partial charge in [-0.1, -0.05) is 26.0 Å². The zero-order chi connectivity index (χ0) is 10.8. The topological polar surface area (TPSA) is 38.9 Å². The molecular formula is C13H16N2. The molecule has 2 rings (SSSR count). The van der Waals surface area contributed by atoms with E-state index in [1.54, 1.807) is 0 Å². The van der Waals surface area contributed by atoms with Crippen molar-refractivity contribution < 1.29 is 0 Å². The van der Waals surface area contributed by atoms with Crippen molar-refractivity contribution >= 4 is 16.6 Å². The summed E-state index contributed by atoms with van der Waals surface area (Å²) >= 11 is 0.